The molecule has 0 radical (unpaired) electrons. The monoisotopic (exact) mass is 233 g/mol. The Bertz CT molecular complexity index is 342. The zero-order valence-electron chi connectivity index (χ0n) is 11.1. The van der Waals surface area contributed by atoms with E-state index in [0.29, 0.717) is 6.04 Å². The fourth-order valence-corrected chi connectivity index (χ4v) is 2.95. The molecule has 94 valence electrons. The number of nitrogens with zero attached hydrogens (tertiary/aromatic N) is 2. The largest absolute Gasteiger partial charge is 0.311 e. The molecule has 3 heteroatoms. The van der Waals surface area contributed by atoms with Crippen molar-refractivity contribution in [3.05, 3.63) is 30.1 Å². The summed E-state index contributed by atoms with van der Waals surface area (Å²) in [5.41, 5.74) is 1.40. The van der Waals surface area contributed by atoms with Crippen LogP contribution in [0.3, 0.4) is 0 Å². The second-order valence-electron chi connectivity index (χ2n) is 5.36. The number of pyridine rings is 1. The number of likely N-dealkylation sites (N-methyl/N-ethyl adjacent to an activating group) is 1. The molecule has 3 nitrogen and oxygen atoms in total. The topological polar surface area (TPSA) is 28.2 Å². The highest BCUT2D eigenvalue weighted by molar-refractivity contribution is 5.19. The molecule has 1 saturated heterocycles. The van der Waals surface area contributed by atoms with E-state index in [9.17, 15) is 0 Å². The molecule has 2 heterocycles. The van der Waals surface area contributed by atoms with Gasteiger partial charge in [0.2, 0.25) is 0 Å². The SMILES string of the molecule is CNC(c1cccnc1)C(C)(C)N1CCCC1. The first-order chi connectivity index (χ1) is 8.16. The van der Waals surface area contributed by atoms with E-state index in [1.54, 1.807) is 0 Å². The van der Waals surface area contributed by atoms with Crippen LogP contribution in [0.4, 0.5) is 0 Å². The van der Waals surface area contributed by atoms with Gasteiger partial charge in [-0.25, -0.2) is 0 Å². The molecule has 1 N–H and O–H groups in total. The Balaban J connectivity index is 2.22. The van der Waals surface area contributed by atoms with Gasteiger partial charge in [-0.2, -0.15) is 0 Å². The Hall–Kier alpha value is -0.930. The summed E-state index contributed by atoms with van der Waals surface area (Å²) in [7, 11) is 2.04. The Kier molecular flexibility index (Phi) is 3.79. The zero-order valence-corrected chi connectivity index (χ0v) is 11.1. The van der Waals surface area contributed by atoms with Crippen LogP contribution in [0.25, 0.3) is 0 Å². The maximum atomic E-state index is 4.24. The van der Waals surface area contributed by atoms with Gasteiger partial charge in [-0.1, -0.05) is 6.07 Å². The Morgan fingerprint density at radius 3 is 2.59 bits per heavy atom. The smallest absolute Gasteiger partial charge is 0.0514 e. The lowest BCUT2D eigenvalue weighted by Crippen LogP contribution is -2.50. The van der Waals surface area contributed by atoms with Gasteiger partial charge in [-0.3, -0.25) is 9.88 Å². The van der Waals surface area contributed by atoms with Crippen molar-refractivity contribution in [2.45, 2.75) is 38.3 Å². The highest BCUT2D eigenvalue weighted by Crippen LogP contribution is 2.32. The maximum Gasteiger partial charge on any atom is 0.0514 e. The predicted molar refractivity (Wildman–Crippen MR) is 70.9 cm³/mol. The summed E-state index contributed by atoms with van der Waals surface area (Å²) in [5.74, 6) is 0. The minimum Gasteiger partial charge on any atom is -0.311 e. The van der Waals surface area contributed by atoms with Crippen LogP contribution in [0.5, 0.6) is 0 Å². The third-order valence-electron chi connectivity index (χ3n) is 3.93. The van der Waals surface area contributed by atoms with Crippen LogP contribution < -0.4 is 5.32 Å². The van der Waals surface area contributed by atoms with E-state index in [4.69, 9.17) is 0 Å². The zero-order chi connectivity index (χ0) is 12.3. The van der Waals surface area contributed by atoms with Gasteiger partial charge in [0.25, 0.3) is 0 Å². The van der Waals surface area contributed by atoms with Crippen molar-refractivity contribution in [2.24, 2.45) is 0 Å². The van der Waals surface area contributed by atoms with E-state index in [-0.39, 0.29) is 5.54 Å². The summed E-state index contributed by atoms with van der Waals surface area (Å²) in [6.45, 7) is 7.08. The van der Waals surface area contributed by atoms with Crippen molar-refractivity contribution in [1.82, 2.24) is 15.2 Å². The number of aromatic nitrogens is 1. The van der Waals surface area contributed by atoms with E-state index in [0.717, 1.165) is 0 Å². The number of likely N-dealkylation sites (tertiary alicyclic amines) is 1. The molecule has 0 bridgehead atoms. The molecule has 0 aliphatic carbocycles. The van der Waals surface area contributed by atoms with Gasteiger partial charge in [0, 0.05) is 17.9 Å². The highest BCUT2D eigenvalue weighted by atomic mass is 15.2. The van der Waals surface area contributed by atoms with Gasteiger partial charge in [-0.05, 0) is 58.5 Å². The van der Waals surface area contributed by atoms with Gasteiger partial charge in [0.05, 0.1) is 6.04 Å². The molecule has 1 atom stereocenters. The molecule has 17 heavy (non-hydrogen) atoms. The summed E-state index contributed by atoms with van der Waals surface area (Å²) < 4.78 is 0. The average molecular weight is 233 g/mol. The molecule has 1 aromatic heterocycles. The van der Waals surface area contributed by atoms with E-state index < -0.39 is 0 Å². The Morgan fingerprint density at radius 1 is 1.35 bits per heavy atom. The van der Waals surface area contributed by atoms with Crippen LogP contribution in [0.2, 0.25) is 0 Å². The summed E-state index contributed by atoms with van der Waals surface area (Å²) in [6, 6.07) is 4.50. The fourth-order valence-electron chi connectivity index (χ4n) is 2.95. The van der Waals surface area contributed by atoms with E-state index >= 15 is 0 Å². The molecule has 0 spiro atoms. The number of hydrogen-bond acceptors (Lipinski definition) is 3. The average Bonchev–Trinajstić information content (AvgIpc) is 2.85. The first-order valence-electron chi connectivity index (χ1n) is 6.48. The van der Waals surface area contributed by atoms with Crippen LogP contribution in [0.1, 0.15) is 38.3 Å². The molecule has 1 aliphatic rings. The first kappa shape index (κ1) is 12.5. The van der Waals surface area contributed by atoms with Crippen molar-refractivity contribution < 1.29 is 0 Å². The molecule has 2 rings (SSSR count). The summed E-state index contributed by atoms with van der Waals surface area (Å²) in [4.78, 5) is 6.82. The van der Waals surface area contributed by atoms with Crippen LogP contribution in [-0.2, 0) is 0 Å². The van der Waals surface area contributed by atoms with Gasteiger partial charge >= 0.3 is 0 Å². The second-order valence-corrected chi connectivity index (χ2v) is 5.36. The quantitative estimate of drug-likeness (QED) is 0.864. The highest BCUT2D eigenvalue weighted by Gasteiger charge is 2.36. The molecule has 1 aromatic rings. The molecule has 0 saturated carbocycles. The molecule has 0 aromatic carbocycles. The van der Waals surface area contributed by atoms with Gasteiger partial charge in [0.1, 0.15) is 0 Å². The first-order valence-corrected chi connectivity index (χ1v) is 6.48. The fraction of sp³-hybridized carbons (Fsp3) is 0.643. The predicted octanol–water partition coefficient (Wildman–Crippen LogP) is 2.22. The number of nitrogens with one attached hydrogen (secondary N) is 1. The van der Waals surface area contributed by atoms with Gasteiger partial charge in [-0.15, -0.1) is 0 Å². The third kappa shape index (κ3) is 2.50. The number of rotatable bonds is 4. The van der Waals surface area contributed by atoms with Crippen molar-refractivity contribution in [1.29, 1.82) is 0 Å². The van der Waals surface area contributed by atoms with Crippen LogP contribution in [0, 0.1) is 0 Å². The molecular weight excluding hydrogens is 210 g/mol. The summed E-state index contributed by atoms with van der Waals surface area (Å²) >= 11 is 0. The Labute approximate surface area is 104 Å². The van der Waals surface area contributed by atoms with Crippen molar-refractivity contribution in [3.8, 4) is 0 Å². The minimum absolute atomic E-state index is 0.133. The molecule has 1 aliphatic heterocycles. The standard InChI is InChI=1S/C14H23N3/c1-14(2,17-9-4-5-10-17)13(15-3)12-7-6-8-16-11-12/h6-8,11,13,15H,4-5,9-10H2,1-3H3. The minimum atomic E-state index is 0.133. The van der Waals surface area contributed by atoms with Gasteiger partial charge < -0.3 is 5.32 Å². The number of hydrogen-bond donors (Lipinski definition) is 1. The lowest BCUT2D eigenvalue weighted by molar-refractivity contribution is 0.110. The summed E-state index contributed by atoms with van der Waals surface area (Å²) in [5, 5.41) is 3.45. The normalized spacial score (nSPS) is 19.5. The lowest BCUT2D eigenvalue weighted by atomic mass is 9.88. The Morgan fingerprint density at radius 2 is 2.06 bits per heavy atom. The molecule has 1 unspecified atom stereocenters. The van der Waals surface area contributed by atoms with Crippen LogP contribution >= 0.6 is 0 Å². The van der Waals surface area contributed by atoms with Crippen molar-refractivity contribution >= 4 is 0 Å². The third-order valence-corrected chi connectivity index (χ3v) is 3.93. The van der Waals surface area contributed by atoms with Crippen molar-refractivity contribution in [2.75, 3.05) is 20.1 Å². The molecule has 1 fully saturated rings. The van der Waals surface area contributed by atoms with Gasteiger partial charge in [0.15, 0.2) is 0 Å². The van der Waals surface area contributed by atoms with E-state index in [1.165, 1.54) is 31.5 Å². The van der Waals surface area contributed by atoms with Crippen LogP contribution in [0.15, 0.2) is 24.5 Å². The van der Waals surface area contributed by atoms with E-state index in [2.05, 4.69) is 35.1 Å². The second kappa shape index (κ2) is 5.15. The lowest BCUT2D eigenvalue weighted by Gasteiger charge is -2.42. The van der Waals surface area contributed by atoms with E-state index in [1.807, 2.05) is 25.5 Å². The summed E-state index contributed by atoms with van der Waals surface area (Å²) in [6.07, 6.45) is 6.46. The molecular formula is C14H23N3. The maximum absolute atomic E-state index is 4.24. The van der Waals surface area contributed by atoms with Crippen molar-refractivity contribution in [3.63, 3.8) is 0 Å². The van der Waals surface area contributed by atoms with Crippen LogP contribution in [-0.4, -0.2) is 35.6 Å². The molecule has 0 amide bonds.